The van der Waals surface area contributed by atoms with Crippen molar-refractivity contribution in [2.24, 2.45) is 11.7 Å². The van der Waals surface area contributed by atoms with E-state index in [4.69, 9.17) is 10.5 Å². The number of likely N-dealkylation sites (tertiary alicyclic amines) is 1. The summed E-state index contributed by atoms with van der Waals surface area (Å²) in [5.74, 6) is 0.649. The van der Waals surface area contributed by atoms with Gasteiger partial charge in [-0.2, -0.15) is 0 Å². The molecular weight excluding hydrogens is 236 g/mol. The zero-order valence-electron chi connectivity index (χ0n) is 12.1. The molecule has 2 rings (SSSR count). The van der Waals surface area contributed by atoms with E-state index >= 15 is 0 Å². The van der Waals surface area contributed by atoms with Gasteiger partial charge in [-0.3, -0.25) is 4.90 Å². The summed E-state index contributed by atoms with van der Waals surface area (Å²) in [5, 5.41) is 0. The zero-order chi connectivity index (χ0) is 13.7. The highest BCUT2D eigenvalue weighted by Crippen LogP contribution is 2.33. The predicted octanol–water partition coefficient (Wildman–Crippen LogP) is 2.22. The third-order valence-electron chi connectivity index (χ3n) is 4.15. The minimum atomic E-state index is 0.543. The molecule has 3 nitrogen and oxygen atoms in total. The van der Waals surface area contributed by atoms with Crippen molar-refractivity contribution in [2.45, 2.75) is 25.3 Å². The molecule has 19 heavy (non-hydrogen) atoms. The van der Waals surface area contributed by atoms with E-state index in [0.29, 0.717) is 12.0 Å². The van der Waals surface area contributed by atoms with Crippen LogP contribution in [0.5, 0.6) is 0 Å². The van der Waals surface area contributed by atoms with Crippen LogP contribution < -0.4 is 5.73 Å². The summed E-state index contributed by atoms with van der Waals surface area (Å²) in [6.07, 6.45) is 3.38. The summed E-state index contributed by atoms with van der Waals surface area (Å²) in [7, 11) is 3.96. The number of aryl methyl sites for hydroxylation is 1. The quantitative estimate of drug-likeness (QED) is 0.799. The number of benzene rings is 1. The average molecular weight is 262 g/mol. The highest BCUT2D eigenvalue weighted by Gasteiger charge is 2.29. The Balaban J connectivity index is 1.94. The van der Waals surface area contributed by atoms with E-state index < -0.39 is 0 Å². The van der Waals surface area contributed by atoms with Gasteiger partial charge in [-0.25, -0.2) is 0 Å². The largest absolute Gasteiger partial charge is 0.385 e. The van der Waals surface area contributed by atoms with Crippen LogP contribution in [-0.4, -0.2) is 38.8 Å². The van der Waals surface area contributed by atoms with Gasteiger partial charge in [-0.1, -0.05) is 24.3 Å². The van der Waals surface area contributed by atoms with Crippen LogP contribution in [0, 0.1) is 5.92 Å². The third kappa shape index (κ3) is 3.78. The van der Waals surface area contributed by atoms with Crippen molar-refractivity contribution in [1.29, 1.82) is 0 Å². The van der Waals surface area contributed by atoms with Gasteiger partial charge in [-0.15, -0.1) is 0 Å². The molecule has 1 saturated heterocycles. The van der Waals surface area contributed by atoms with Gasteiger partial charge in [0.05, 0.1) is 0 Å². The smallest absolute Gasteiger partial charge is 0.0465 e. The molecule has 2 N–H and O–H groups in total. The molecule has 0 bridgehead atoms. The molecular formula is C16H26N2O. The van der Waals surface area contributed by atoms with Crippen LogP contribution in [0.25, 0.3) is 0 Å². The summed E-state index contributed by atoms with van der Waals surface area (Å²) in [4.78, 5) is 2.43. The minimum Gasteiger partial charge on any atom is -0.385 e. The molecule has 0 radical (unpaired) electrons. The first kappa shape index (κ1) is 14.5. The van der Waals surface area contributed by atoms with E-state index in [-0.39, 0.29) is 0 Å². The molecule has 0 amide bonds. The van der Waals surface area contributed by atoms with E-state index in [1.54, 1.807) is 7.11 Å². The van der Waals surface area contributed by atoms with E-state index in [2.05, 4.69) is 36.2 Å². The second-order valence-electron chi connectivity index (χ2n) is 5.63. The van der Waals surface area contributed by atoms with Crippen molar-refractivity contribution < 1.29 is 4.74 Å². The van der Waals surface area contributed by atoms with Crippen LogP contribution in [0.1, 0.15) is 30.0 Å². The van der Waals surface area contributed by atoms with Crippen molar-refractivity contribution >= 4 is 0 Å². The predicted molar refractivity (Wildman–Crippen MR) is 79.2 cm³/mol. The minimum absolute atomic E-state index is 0.543. The lowest BCUT2D eigenvalue weighted by molar-refractivity contribution is 0.195. The lowest BCUT2D eigenvalue weighted by atomic mass is 9.98. The van der Waals surface area contributed by atoms with Gasteiger partial charge in [0, 0.05) is 26.3 Å². The van der Waals surface area contributed by atoms with Crippen molar-refractivity contribution in [3.63, 3.8) is 0 Å². The number of methoxy groups -OCH3 is 1. The molecule has 0 aromatic heterocycles. The molecule has 2 atom stereocenters. The van der Waals surface area contributed by atoms with Gasteiger partial charge in [0.2, 0.25) is 0 Å². The Labute approximate surface area is 116 Å². The first-order valence-corrected chi connectivity index (χ1v) is 7.22. The summed E-state index contributed by atoms with van der Waals surface area (Å²) in [6.45, 7) is 2.76. The summed E-state index contributed by atoms with van der Waals surface area (Å²) >= 11 is 0. The fraction of sp³-hybridized carbons (Fsp3) is 0.625. The highest BCUT2D eigenvalue weighted by molar-refractivity contribution is 5.26. The topological polar surface area (TPSA) is 38.5 Å². The molecule has 1 aliphatic rings. The Kier molecular flexibility index (Phi) is 5.37. The number of rotatable bonds is 6. The fourth-order valence-electron chi connectivity index (χ4n) is 2.99. The summed E-state index contributed by atoms with van der Waals surface area (Å²) in [6, 6.07) is 9.62. The number of nitrogens with two attached hydrogens (primary N) is 1. The second kappa shape index (κ2) is 7.04. The average Bonchev–Trinajstić information content (AvgIpc) is 2.81. The van der Waals surface area contributed by atoms with Crippen LogP contribution >= 0.6 is 0 Å². The summed E-state index contributed by atoms with van der Waals surface area (Å²) < 4.78 is 5.09. The third-order valence-corrected chi connectivity index (χ3v) is 4.15. The lowest BCUT2D eigenvalue weighted by Gasteiger charge is -2.19. The Bertz CT molecular complexity index is 377. The van der Waals surface area contributed by atoms with Crippen LogP contribution in [-0.2, 0) is 11.2 Å². The SMILES string of the molecule is COCCCc1ccc(C2CC(CN)CN2C)cc1. The Hall–Kier alpha value is -0.900. The first-order valence-electron chi connectivity index (χ1n) is 7.22. The first-order chi connectivity index (χ1) is 9.24. The molecule has 0 saturated carbocycles. The Morgan fingerprint density at radius 3 is 2.63 bits per heavy atom. The van der Waals surface area contributed by atoms with E-state index in [9.17, 15) is 0 Å². The lowest BCUT2D eigenvalue weighted by Crippen LogP contribution is -2.20. The molecule has 106 valence electrons. The van der Waals surface area contributed by atoms with Gasteiger partial charge < -0.3 is 10.5 Å². The molecule has 1 fully saturated rings. The van der Waals surface area contributed by atoms with Gasteiger partial charge in [-0.05, 0) is 49.9 Å². The van der Waals surface area contributed by atoms with Gasteiger partial charge in [0.15, 0.2) is 0 Å². The molecule has 1 heterocycles. The number of hydrogen-bond acceptors (Lipinski definition) is 3. The number of ether oxygens (including phenoxy) is 1. The van der Waals surface area contributed by atoms with Crippen LogP contribution in [0.2, 0.25) is 0 Å². The van der Waals surface area contributed by atoms with E-state index in [1.165, 1.54) is 17.5 Å². The van der Waals surface area contributed by atoms with Gasteiger partial charge in [0.1, 0.15) is 0 Å². The highest BCUT2D eigenvalue weighted by atomic mass is 16.5. The van der Waals surface area contributed by atoms with Crippen molar-refractivity contribution in [1.82, 2.24) is 4.90 Å². The van der Waals surface area contributed by atoms with E-state index in [0.717, 1.165) is 32.5 Å². The molecule has 1 aliphatic heterocycles. The molecule has 0 spiro atoms. The van der Waals surface area contributed by atoms with Crippen molar-refractivity contribution in [3.8, 4) is 0 Å². The molecule has 1 aromatic carbocycles. The van der Waals surface area contributed by atoms with Gasteiger partial charge in [0.25, 0.3) is 0 Å². The monoisotopic (exact) mass is 262 g/mol. The van der Waals surface area contributed by atoms with Gasteiger partial charge >= 0.3 is 0 Å². The molecule has 2 unspecified atom stereocenters. The normalized spacial score (nSPS) is 23.9. The maximum Gasteiger partial charge on any atom is 0.0465 e. The maximum atomic E-state index is 5.79. The molecule has 3 heteroatoms. The zero-order valence-corrected chi connectivity index (χ0v) is 12.1. The Morgan fingerprint density at radius 2 is 2.05 bits per heavy atom. The molecule has 1 aromatic rings. The van der Waals surface area contributed by atoms with E-state index in [1.807, 2.05) is 0 Å². The van der Waals surface area contributed by atoms with Crippen molar-refractivity contribution in [3.05, 3.63) is 35.4 Å². The van der Waals surface area contributed by atoms with Crippen LogP contribution in [0.4, 0.5) is 0 Å². The van der Waals surface area contributed by atoms with Crippen LogP contribution in [0.3, 0.4) is 0 Å². The van der Waals surface area contributed by atoms with Crippen molar-refractivity contribution in [2.75, 3.05) is 33.9 Å². The Morgan fingerprint density at radius 1 is 1.32 bits per heavy atom. The maximum absolute atomic E-state index is 5.79. The summed E-state index contributed by atoms with van der Waals surface area (Å²) in [5.41, 5.74) is 8.61. The standard InChI is InChI=1S/C16H26N2O/c1-18-12-14(11-17)10-16(18)15-7-5-13(6-8-15)4-3-9-19-2/h5-8,14,16H,3-4,9-12,17H2,1-2H3. The van der Waals surface area contributed by atoms with Crippen LogP contribution in [0.15, 0.2) is 24.3 Å². The molecule has 0 aliphatic carbocycles. The number of nitrogens with zero attached hydrogens (tertiary/aromatic N) is 1. The number of hydrogen-bond donors (Lipinski definition) is 1. The second-order valence-corrected chi connectivity index (χ2v) is 5.63. The fourth-order valence-corrected chi connectivity index (χ4v) is 2.99.